The molecular weight excluding hydrogens is 222 g/mol. The molecule has 5 heteroatoms. The summed E-state index contributed by atoms with van der Waals surface area (Å²) >= 11 is 0. The van der Waals surface area contributed by atoms with Crippen LogP contribution in [-0.4, -0.2) is 47.7 Å². The summed E-state index contributed by atoms with van der Waals surface area (Å²) in [5.41, 5.74) is -0.718. The first-order chi connectivity index (χ1) is 7.86. The molecule has 1 saturated heterocycles. The Kier molecular flexibility index (Phi) is 2.89. The minimum Gasteiger partial charge on any atom is -0.444 e. The van der Waals surface area contributed by atoms with Gasteiger partial charge in [-0.1, -0.05) is 0 Å². The molecule has 1 unspecified atom stereocenters. The number of hydrogen-bond donors (Lipinski definition) is 0. The van der Waals surface area contributed by atoms with E-state index in [4.69, 9.17) is 9.47 Å². The van der Waals surface area contributed by atoms with Gasteiger partial charge in [0.05, 0.1) is 18.7 Å². The van der Waals surface area contributed by atoms with Crippen LogP contribution in [0.5, 0.6) is 0 Å². The lowest BCUT2D eigenvalue weighted by Gasteiger charge is -2.39. The number of rotatable bonds is 1. The lowest BCUT2D eigenvalue weighted by Crippen LogP contribution is -2.55. The number of carbonyl (C=O) groups is 2. The number of carbonyl (C=O) groups excluding carboxylic acids is 2. The molecule has 2 rings (SSSR count). The van der Waals surface area contributed by atoms with Gasteiger partial charge < -0.3 is 14.3 Å². The van der Waals surface area contributed by atoms with Crippen LogP contribution in [0.4, 0.5) is 4.79 Å². The van der Waals surface area contributed by atoms with Gasteiger partial charge in [-0.2, -0.15) is 0 Å². The second-order valence-electron chi connectivity index (χ2n) is 5.80. The van der Waals surface area contributed by atoms with E-state index >= 15 is 0 Å². The van der Waals surface area contributed by atoms with Gasteiger partial charge >= 0.3 is 6.09 Å². The number of nitrogens with zero attached hydrogens (tertiary/aromatic N) is 1. The molecule has 2 fully saturated rings. The third-order valence-corrected chi connectivity index (χ3v) is 3.09. The summed E-state index contributed by atoms with van der Waals surface area (Å²) in [6.07, 6.45) is 1.74. The van der Waals surface area contributed by atoms with E-state index in [1.807, 2.05) is 20.8 Å². The van der Waals surface area contributed by atoms with Gasteiger partial charge in [-0.05, 0) is 33.6 Å². The molecule has 17 heavy (non-hydrogen) atoms. The van der Waals surface area contributed by atoms with E-state index in [1.54, 1.807) is 4.90 Å². The van der Waals surface area contributed by atoms with Crippen LogP contribution >= 0.6 is 0 Å². The molecule has 1 atom stereocenters. The average molecular weight is 241 g/mol. The van der Waals surface area contributed by atoms with Crippen LogP contribution in [0.2, 0.25) is 0 Å². The average Bonchev–Trinajstić information content (AvgIpc) is 2.97. The molecule has 0 bridgehead atoms. The van der Waals surface area contributed by atoms with Crippen molar-refractivity contribution in [3.63, 3.8) is 0 Å². The third-order valence-electron chi connectivity index (χ3n) is 3.09. The first-order valence-electron chi connectivity index (χ1n) is 5.94. The molecule has 0 aromatic rings. The van der Waals surface area contributed by atoms with Gasteiger partial charge in [0.2, 0.25) is 0 Å². The maximum Gasteiger partial charge on any atom is 0.410 e. The Labute approximate surface area is 101 Å². The number of aldehydes is 1. The molecule has 1 heterocycles. The summed E-state index contributed by atoms with van der Waals surface area (Å²) in [7, 11) is 0. The Morgan fingerprint density at radius 2 is 2.12 bits per heavy atom. The Morgan fingerprint density at radius 3 is 2.59 bits per heavy atom. The van der Waals surface area contributed by atoms with Crippen molar-refractivity contribution in [1.82, 2.24) is 4.90 Å². The van der Waals surface area contributed by atoms with Crippen molar-refractivity contribution in [2.45, 2.75) is 50.9 Å². The van der Waals surface area contributed by atoms with Crippen LogP contribution in [0.1, 0.15) is 33.6 Å². The first-order valence-corrected chi connectivity index (χ1v) is 5.94. The van der Waals surface area contributed by atoms with Crippen LogP contribution in [0.25, 0.3) is 0 Å². The highest BCUT2D eigenvalue weighted by atomic mass is 16.6. The molecule has 1 amide bonds. The van der Waals surface area contributed by atoms with Crippen LogP contribution in [0.3, 0.4) is 0 Å². The second-order valence-corrected chi connectivity index (χ2v) is 5.80. The zero-order valence-electron chi connectivity index (χ0n) is 10.6. The van der Waals surface area contributed by atoms with Gasteiger partial charge in [-0.3, -0.25) is 4.90 Å². The Morgan fingerprint density at radius 1 is 1.47 bits per heavy atom. The molecule has 0 N–H and O–H groups in total. The molecule has 0 radical (unpaired) electrons. The molecule has 1 aliphatic heterocycles. The van der Waals surface area contributed by atoms with E-state index in [0.717, 1.165) is 19.1 Å². The predicted octanol–water partition coefficient (Wildman–Crippen LogP) is 1.35. The molecule has 1 aliphatic carbocycles. The van der Waals surface area contributed by atoms with Gasteiger partial charge in [0.1, 0.15) is 11.7 Å². The maximum absolute atomic E-state index is 12.1. The molecule has 96 valence electrons. The van der Waals surface area contributed by atoms with Gasteiger partial charge in [0.15, 0.2) is 6.29 Å². The fourth-order valence-electron chi connectivity index (χ4n) is 1.99. The molecule has 5 nitrogen and oxygen atoms in total. The monoisotopic (exact) mass is 241 g/mol. The number of ether oxygens (including phenoxy) is 2. The highest BCUT2D eigenvalue weighted by Gasteiger charge is 2.54. The minimum absolute atomic E-state index is 0.207. The fourth-order valence-corrected chi connectivity index (χ4v) is 1.99. The van der Waals surface area contributed by atoms with E-state index in [2.05, 4.69) is 0 Å². The summed E-state index contributed by atoms with van der Waals surface area (Å²) in [5, 5.41) is 0. The smallest absolute Gasteiger partial charge is 0.410 e. The van der Waals surface area contributed by atoms with Crippen molar-refractivity contribution >= 4 is 12.4 Å². The number of hydrogen-bond acceptors (Lipinski definition) is 4. The van der Waals surface area contributed by atoms with E-state index in [1.165, 1.54) is 0 Å². The van der Waals surface area contributed by atoms with Crippen molar-refractivity contribution in [1.29, 1.82) is 0 Å². The molecular formula is C12H19NO4. The summed E-state index contributed by atoms with van der Waals surface area (Å²) in [4.78, 5) is 24.5. The zero-order chi connectivity index (χ0) is 12.7. The summed E-state index contributed by atoms with van der Waals surface area (Å²) in [5.74, 6) is 0. The van der Waals surface area contributed by atoms with Gasteiger partial charge in [0, 0.05) is 0 Å². The summed E-state index contributed by atoms with van der Waals surface area (Å²) < 4.78 is 10.8. The molecule has 0 aromatic carbocycles. The number of amides is 1. The predicted molar refractivity (Wildman–Crippen MR) is 60.7 cm³/mol. The quantitative estimate of drug-likeness (QED) is 0.650. The van der Waals surface area contributed by atoms with Gasteiger partial charge in [-0.25, -0.2) is 4.79 Å². The van der Waals surface area contributed by atoms with Crippen molar-refractivity contribution in [2.75, 3.05) is 13.2 Å². The fraction of sp³-hybridized carbons (Fsp3) is 0.833. The molecule has 1 saturated carbocycles. The topological polar surface area (TPSA) is 55.8 Å². The Bertz CT molecular complexity index is 330. The molecule has 2 aliphatic rings. The van der Waals surface area contributed by atoms with E-state index in [-0.39, 0.29) is 11.6 Å². The van der Waals surface area contributed by atoms with Crippen molar-refractivity contribution in [3.8, 4) is 0 Å². The van der Waals surface area contributed by atoms with Crippen molar-refractivity contribution < 1.29 is 19.1 Å². The Balaban J connectivity index is 2.06. The maximum atomic E-state index is 12.1. The largest absolute Gasteiger partial charge is 0.444 e. The molecule has 1 spiro atoms. The lowest BCUT2D eigenvalue weighted by molar-refractivity contribution is -0.128. The van der Waals surface area contributed by atoms with Gasteiger partial charge in [0.25, 0.3) is 0 Å². The normalized spacial score (nSPS) is 26.8. The lowest BCUT2D eigenvalue weighted by atomic mass is 10.1. The SMILES string of the molecule is CC(C)(C)OC(=O)N1CC(C=O)OCC12CC2. The van der Waals surface area contributed by atoms with Crippen molar-refractivity contribution in [3.05, 3.63) is 0 Å². The summed E-state index contributed by atoms with van der Waals surface area (Å²) in [6.45, 7) is 6.25. The Hall–Kier alpha value is -1.10. The van der Waals surface area contributed by atoms with Gasteiger partial charge in [-0.15, -0.1) is 0 Å². The first kappa shape index (κ1) is 12.4. The van der Waals surface area contributed by atoms with Crippen LogP contribution < -0.4 is 0 Å². The zero-order valence-corrected chi connectivity index (χ0v) is 10.6. The van der Waals surface area contributed by atoms with Crippen molar-refractivity contribution in [2.24, 2.45) is 0 Å². The van der Waals surface area contributed by atoms with Crippen LogP contribution in [0, 0.1) is 0 Å². The van der Waals surface area contributed by atoms with E-state index < -0.39 is 11.7 Å². The van der Waals surface area contributed by atoms with E-state index in [9.17, 15) is 9.59 Å². The third kappa shape index (κ3) is 2.60. The van der Waals surface area contributed by atoms with E-state index in [0.29, 0.717) is 13.2 Å². The minimum atomic E-state index is -0.520. The number of morpholine rings is 1. The molecule has 0 aromatic heterocycles. The highest BCUT2D eigenvalue weighted by Crippen LogP contribution is 2.44. The highest BCUT2D eigenvalue weighted by molar-refractivity contribution is 5.71. The summed E-state index contributed by atoms with van der Waals surface area (Å²) in [6, 6.07) is 0. The second kappa shape index (κ2) is 3.98. The standard InChI is InChI=1S/C12H19NO4/c1-11(2,3)17-10(15)13-6-9(7-14)16-8-12(13)4-5-12/h7,9H,4-6,8H2,1-3H3. The van der Waals surface area contributed by atoms with Crippen LogP contribution in [0.15, 0.2) is 0 Å². The van der Waals surface area contributed by atoms with Crippen LogP contribution in [-0.2, 0) is 14.3 Å².